The lowest BCUT2D eigenvalue weighted by atomic mass is 10.2. The molecule has 1 aliphatic carbocycles. The van der Waals surface area contributed by atoms with Crippen LogP contribution < -0.4 is 10.1 Å². The Hall–Kier alpha value is -1.76. The monoisotopic (exact) mass is 344 g/mol. The van der Waals surface area contributed by atoms with Crippen molar-refractivity contribution in [3.05, 3.63) is 29.8 Å². The second-order valence-electron chi connectivity index (χ2n) is 6.00. The maximum atomic E-state index is 12.6. The molecule has 0 radical (unpaired) electrons. The van der Waals surface area contributed by atoms with Crippen LogP contribution in [0.2, 0.25) is 0 Å². The minimum absolute atomic E-state index is 0.0925. The summed E-state index contributed by atoms with van der Waals surface area (Å²) in [5.41, 5.74) is -0.748. The van der Waals surface area contributed by atoms with Crippen molar-refractivity contribution < 1.29 is 22.7 Å². The minimum atomic E-state index is -4.39. The first kappa shape index (κ1) is 18.6. The summed E-state index contributed by atoms with van der Waals surface area (Å²) in [6, 6.07) is 4.71. The first-order valence-electron chi connectivity index (χ1n) is 8.17. The number of rotatable bonds is 9. The van der Waals surface area contributed by atoms with E-state index in [1.165, 1.54) is 25.0 Å². The number of hydrogen-bond donors (Lipinski definition) is 1. The molecule has 0 unspecified atom stereocenters. The van der Waals surface area contributed by atoms with Crippen molar-refractivity contribution in [2.45, 2.75) is 25.9 Å². The Morgan fingerprint density at radius 1 is 1.38 bits per heavy atom. The van der Waals surface area contributed by atoms with Crippen LogP contribution >= 0.6 is 0 Å². The summed E-state index contributed by atoms with van der Waals surface area (Å²) < 4.78 is 43.1. The van der Waals surface area contributed by atoms with E-state index >= 15 is 0 Å². The van der Waals surface area contributed by atoms with Crippen molar-refractivity contribution in [2.24, 2.45) is 5.92 Å². The Morgan fingerprint density at radius 2 is 2.12 bits per heavy atom. The summed E-state index contributed by atoms with van der Waals surface area (Å²) >= 11 is 0. The second kappa shape index (κ2) is 8.37. The van der Waals surface area contributed by atoms with Gasteiger partial charge in [0.15, 0.2) is 0 Å². The second-order valence-corrected chi connectivity index (χ2v) is 6.00. The van der Waals surface area contributed by atoms with Gasteiger partial charge in [-0.2, -0.15) is 13.2 Å². The van der Waals surface area contributed by atoms with E-state index in [-0.39, 0.29) is 24.8 Å². The predicted octanol–water partition coefficient (Wildman–Crippen LogP) is 2.93. The van der Waals surface area contributed by atoms with Crippen molar-refractivity contribution in [1.29, 1.82) is 0 Å². The number of nitrogens with one attached hydrogen (secondary N) is 1. The van der Waals surface area contributed by atoms with Crippen LogP contribution in [0, 0.1) is 5.92 Å². The molecule has 0 aliphatic heterocycles. The van der Waals surface area contributed by atoms with Crippen LogP contribution in [-0.2, 0) is 11.0 Å². The van der Waals surface area contributed by atoms with Crippen molar-refractivity contribution in [3.8, 4) is 5.75 Å². The molecular weight excluding hydrogens is 321 g/mol. The number of alkyl halides is 3. The molecule has 7 heteroatoms. The Kier molecular flexibility index (Phi) is 6.48. The zero-order valence-electron chi connectivity index (χ0n) is 13.7. The van der Waals surface area contributed by atoms with Gasteiger partial charge in [-0.3, -0.25) is 9.69 Å². The molecule has 1 N–H and O–H groups in total. The average Bonchev–Trinajstić information content (AvgIpc) is 3.34. The van der Waals surface area contributed by atoms with Gasteiger partial charge in [0.2, 0.25) is 5.91 Å². The molecule has 24 heavy (non-hydrogen) atoms. The smallest absolute Gasteiger partial charge is 0.416 e. The summed E-state index contributed by atoms with van der Waals surface area (Å²) in [5, 5.41) is 2.73. The van der Waals surface area contributed by atoms with Gasteiger partial charge in [0.05, 0.1) is 18.7 Å². The third-order valence-corrected chi connectivity index (χ3v) is 3.88. The van der Waals surface area contributed by atoms with Gasteiger partial charge in [0, 0.05) is 6.54 Å². The summed E-state index contributed by atoms with van der Waals surface area (Å²) in [6.45, 7) is 4.52. The lowest BCUT2D eigenvalue weighted by molar-refractivity contribution is -0.137. The van der Waals surface area contributed by atoms with E-state index in [1.807, 2.05) is 6.92 Å². The van der Waals surface area contributed by atoms with E-state index in [9.17, 15) is 18.0 Å². The fourth-order valence-corrected chi connectivity index (χ4v) is 2.35. The third kappa shape index (κ3) is 6.39. The molecular formula is C17H23F3N2O2. The van der Waals surface area contributed by atoms with Crippen molar-refractivity contribution in [1.82, 2.24) is 10.2 Å². The van der Waals surface area contributed by atoms with Crippen LogP contribution in [0.1, 0.15) is 25.3 Å². The summed E-state index contributed by atoms with van der Waals surface area (Å²) in [4.78, 5) is 14.0. The van der Waals surface area contributed by atoms with E-state index in [0.717, 1.165) is 31.1 Å². The molecule has 1 aromatic rings. The highest BCUT2D eigenvalue weighted by atomic mass is 19.4. The van der Waals surface area contributed by atoms with E-state index in [2.05, 4.69) is 10.2 Å². The van der Waals surface area contributed by atoms with Crippen LogP contribution in [0.5, 0.6) is 5.75 Å². The number of hydrogen-bond acceptors (Lipinski definition) is 3. The molecule has 0 bridgehead atoms. The number of carbonyl (C=O) groups excluding carboxylic acids is 1. The quantitative estimate of drug-likeness (QED) is 0.701. The molecule has 0 aromatic heterocycles. The van der Waals surface area contributed by atoms with E-state index in [4.69, 9.17) is 4.74 Å². The van der Waals surface area contributed by atoms with Gasteiger partial charge in [-0.05, 0) is 43.5 Å². The third-order valence-electron chi connectivity index (χ3n) is 3.88. The van der Waals surface area contributed by atoms with E-state index < -0.39 is 11.7 Å². The molecule has 4 nitrogen and oxygen atoms in total. The Morgan fingerprint density at radius 3 is 2.75 bits per heavy atom. The Labute approximate surface area is 140 Å². The van der Waals surface area contributed by atoms with Crippen molar-refractivity contribution in [2.75, 3.05) is 32.8 Å². The first-order chi connectivity index (χ1) is 11.4. The predicted molar refractivity (Wildman–Crippen MR) is 84.8 cm³/mol. The highest BCUT2D eigenvalue weighted by Gasteiger charge is 2.30. The molecule has 0 saturated heterocycles. The summed E-state index contributed by atoms with van der Waals surface area (Å²) in [6.07, 6.45) is -1.91. The molecule has 0 heterocycles. The molecule has 1 aliphatic rings. The van der Waals surface area contributed by atoms with Crippen molar-refractivity contribution in [3.63, 3.8) is 0 Å². The molecule has 1 saturated carbocycles. The summed E-state index contributed by atoms with van der Waals surface area (Å²) in [7, 11) is 0. The number of halogens is 3. The van der Waals surface area contributed by atoms with E-state index in [1.54, 1.807) is 0 Å². The number of nitrogens with zero attached hydrogens (tertiary/aromatic N) is 1. The maximum Gasteiger partial charge on any atom is 0.416 e. The van der Waals surface area contributed by atoms with Crippen LogP contribution in [0.4, 0.5) is 13.2 Å². The molecule has 1 aromatic carbocycles. The van der Waals surface area contributed by atoms with Crippen LogP contribution in [0.25, 0.3) is 0 Å². The standard InChI is InChI=1S/C17H23F3N2O2/c1-2-22(11-13-6-7-13)12-16(23)21-8-9-24-15-5-3-4-14(10-15)17(18,19)20/h3-5,10,13H,2,6-9,11-12H2,1H3,(H,21,23). The molecule has 1 fully saturated rings. The number of ether oxygens (including phenoxy) is 1. The van der Waals surface area contributed by atoms with Gasteiger partial charge in [-0.15, -0.1) is 0 Å². The molecule has 1 amide bonds. The zero-order valence-corrected chi connectivity index (χ0v) is 13.7. The molecule has 2 rings (SSSR count). The lowest BCUT2D eigenvalue weighted by Crippen LogP contribution is -2.39. The number of carbonyl (C=O) groups is 1. The highest BCUT2D eigenvalue weighted by Crippen LogP contribution is 2.31. The fourth-order valence-electron chi connectivity index (χ4n) is 2.35. The first-order valence-corrected chi connectivity index (χ1v) is 8.17. The largest absolute Gasteiger partial charge is 0.492 e. The topological polar surface area (TPSA) is 41.6 Å². The highest BCUT2D eigenvalue weighted by molar-refractivity contribution is 5.77. The van der Waals surface area contributed by atoms with Crippen LogP contribution in [-0.4, -0.2) is 43.6 Å². The van der Waals surface area contributed by atoms with Gasteiger partial charge in [0.25, 0.3) is 0 Å². The van der Waals surface area contributed by atoms with Crippen LogP contribution in [0.3, 0.4) is 0 Å². The molecule has 134 valence electrons. The van der Waals surface area contributed by atoms with Gasteiger partial charge >= 0.3 is 6.18 Å². The van der Waals surface area contributed by atoms with Gasteiger partial charge in [0.1, 0.15) is 12.4 Å². The summed E-state index contributed by atoms with van der Waals surface area (Å²) in [5.74, 6) is 0.773. The number of benzene rings is 1. The number of amides is 1. The van der Waals surface area contributed by atoms with Gasteiger partial charge in [-0.1, -0.05) is 13.0 Å². The van der Waals surface area contributed by atoms with Gasteiger partial charge in [-0.25, -0.2) is 0 Å². The Bertz CT molecular complexity index is 545. The lowest BCUT2D eigenvalue weighted by Gasteiger charge is -2.19. The van der Waals surface area contributed by atoms with Crippen LogP contribution in [0.15, 0.2) is 24.3 Å². The molecule has 0 atom stereocenters. The van der Waals surface area contributed by atoms with E-state index in [0.29, 0.717) is 6.54 Å². The van der Waals surface area contributed by atoms with Crippen molar-refractivity contribution >= 4 is 5.91 Å². The maximum absolute atomic E-state index is 12.6. The SMILES string of the molecule is CCN(CC(=O)NCCOc1cccc(C(F)(F)F)c1)CC1CC1. The number of likely N-dealkylation sites (N-methyl/N-ethyl adjacent to an activating group) is 1. The van der Waals surface area contributed by atoms with Gasteiger partial charge < -0.3 is 10.1 Å². The molecule has 0 spiro atoms. The fraction of sp³-hybridized carbons (Fsp3) is 0.588. The minimum Gasteiger partial charge on any atom is -0.492 e. The normalized spacial score (nSPS) is 14.7. The zero-order chi connectivity index (χ0) is 17.6. The average molecular weight is 344 g/mol. The Balaban J connectivity index is 1.67.